The van der Waals surface area contributed by atoms with Gasteiger partial charge in [0.1, 0.15) is 11.4 Å². The number of benzene rings is 1. The number of aliphatic hydroxyl groups is 1. The standard InChI is InChI=1S/C15H12Cl2N2O2/c16-12-6-11(14(21)7-13(12)17)9-1-3-19-8-10(2-4-20)18-15(19)5-9/h1,3,5-8,20-21H,2,4H2. The monoisotopic (exact) mass is 322 g/mol. The van der Waals surface area contributed by atoms with Gasteiger partial charge >= 0.3 is 0 Å². The van der Waals surface area contributed by atoms with Crippen LogP contribution in [0.2, 0.25) is 10.0 Å². The van der Waals surface area contributed by atoms with Crippen LogP contribution in [0.3, 0.4) is 0 Å². The Morgan fingerprint density at radius 3 is 2.67 bits per heavy atom. The van der Waals surface area contributed by atoms with Gasteiger partial charge in [0.15, 0.2) is 0 Å². The fourth-order valence-electron chi connectivity index (χ4n) is 2.20. The summed E-state index contributed by atoms with van der Waals surface area (Å²) in [6.45, 7) is 0.0598. The van der Waals surface area contributed by atoms with Crippen molar-refractivity contribution in [1.29, 1.82) is 0 Å². The number of aliphatic hydroxyl groups excluding tert-OH is 1. The summed E-state index contributed by atoms with van der Waals surface area (Å²) < 4.78 is 1.86. The summed E-state index contributed by atoms with van der Waals surface area (Å²) in [7, 11) is 0. The molecule has 2 heterocycles. The molecule has 0 spiro atoms. The molecule has 0 fully saturated rings. The fraction of sp³-hybridized carbons (Fsp3) is 0.133. The topological polar surface area (TPSA) is 57.8 Å². The van der Waals surface area contributed by atoms with E-state index in [4.69, 9.17) is 28.3 Å². The summed E-state index contributed by atoms with van der Waals surface area (Å²) in [4.78, 5) is 4.42. The Hall–Kier alpha value is -1.75. The molecule has 0 amide bonds. The van der Waals surface area contributed by atoms with Gasteiger partial charge in [-0.15, -0.1) is 0 Å². The molecule has 2 aromatic heterocycles. The predicted octanol–water partition coefficient (Wildman–Crippen LogP) is 3.55. The lowest BCUT2D eigenvalue weighted by molar-refractivity contribution is 0.298. The van der Waals surface area contributed by atoms with Crippen LogP contribution in [0.15, 0.2) is 36.7 Å². The third-order valence-corrected chi connectivity index (χ3v) is 3.95. The van der Waals surface area contributed by atoms with Crippen molar-refractivity contribution in [3.05, 3.63) is 52.4 Å². The van der Waals surface area contributed by atoms with E-state index in [2.05, 4.69) is 4.98 Å². The second-order valence-corrected chi connectivity index (χ2v) is 5.48. The number of nitrogens with zero attached hydrogens (tertiary/aromatic N) is 2. The van der Waals surface area contributed by atoms with Crippen LogP contribution in [-0.2, 0) is 6.42 Å². The van der Waals surface area contributed by atoms with Crippen molar-refractivity contribution in [2.75, 3.05) is 6.61 Å². The van der Waals surface area contributed by atoms with Gasteiger partial charge in [0.2, 0.25) is 0 Å². The van der Waals surface area contributed by atoms with Crippen LogP contribution in [0.5, 0.6) is 5.75 Å². The summed E-state index contributed by atoms with van der Waals surface area (Å²) >= 11 is 11.9. The summed E-state index contributed by atoms with van der Waals surface area (Å²) in [6, 6.07) is 6.76. The average molecular weight is 323 g/mol. The zero-order valence-corrected chi connectivity index (χ0v) is 12.4. The normalized spacial score (nSPS) is 11.2. The molecule has 0 saturated carbocycles. The molecule has 21 heavy (non-hydrogen) atoms. The number of imidazole rings is 1. The molecular formula is C15H12Cl2N2O2. The number of aromatic hydroxyl groups is 1. The number of aromatic nitrogens is 2. The first-order valence-corrected chi connectivity index (χ1v) is 7.11. The molecule has 0 radical (unpaired) electrons. The number of fused-ring (bicyclic) bond motifs is 1. The van der Waals surface area contributed by atoms with E-state index in [1.165, 1.54) is 6.07 Å². The van der Waals surface area contributed by atoms with Gasteiger partial charge in [0, 0.05) is 37.1 Å². The Morgan fingerprint density at radius 1 is 1.14 bits per heavy atom. The van der Waals surface area contributed by atoms with E-state index in [9.17, 15) is 5.11 Å². The van der Waals surface area contributed by atoms with Crippen molar-refractivity contribution in [1.82, 2.24) is 9.38 Å². The minimum atomic E-state index is 0.0598. The summed E-state index contributed by atoms with van der Waals surface area (Å²) in [5.74, 6) is 0.0656. The van der Waals surface area contributed by atoms with Gasteiger partial charge in [-0.2, -0.15) is 0 Å². The van der Waals surface area contributed by atoms with Crippen LogP contribution in [-0.4, -0.2) is 26.2 Å². The van der Waals surface area contributed by atoms with E-state index < -0.39 is 0 Å². The smallest absolute Gasteiger partial charge is 0.137 e. The van der Waals surface area contributed by atoms with Crippen LogP contribution in [0.4, 0.5) is 0 Å². The Bertz CT molecular complexity index is 815. The minimum absolute atomic E-state index is 0.0598. The second kappa shape index (κ2) is 5.56. The van der Waals surface area contributed by atoms with Crippen molar-refractivity contribution in [3.8, 4) is 16.9 Å². The largest absolute Gasteiger partial charge is 0.507 e. The number of rotatable bonds is 3. The number of phenolic OH excluding ortho intramolecular Hbond substituents is 1. The Labute approximate surface area is 131 Å². The van der Waals surface area contributed by atoms with E-state index in [-0.39, 0.29) is 12.4 Å². The molecular weight excluding hydrogens is 311 g/mol. The third kappa shape index (κ3) is 2.70. The molecule has 0 unspecified atom stereocenters. The molecule has 0 bridgehead atoms. The highest BCUT2D eigenvalue weighted by atomic mass is 35.5. The van der Waals surface area contributed by atoms with Gasteiger partial charge < -0.3 is 14.6 Å². The maximum absolute atomic E-state index is 10.0. The molecule has 4 nitrogen and oxygen atoms in total. The van der Waals surface area contributed by atoms with Crippen LogP contribution < -0.4 is 0 Å². The van der Waals surface area contributed by atoms with E-state index in [0.29, 0.717) is 22.0 Å². The van der Waals surface area contributed by atoms with Crippen molar-refractivity contribution in [3.63, 3.8) is 0 Å². The minimum Gasteiger partial charge on any atom is -0.507 e. The van der Waals surface area contributed by atoms with Gasteiger partial charge in [0.25, 0.3) is 0 Å². The highest BCUT2D eigenvalue weighted by Gasteiger charge is 2.10. The molecule has 0 aliphatic carbocycles. The molecule has 0 aliphatic heterocycles. The maximum atomic E-state index is 10.0. The second-order valence-electron chi connectivity index (χ2n) is 4.67. The number of hydrogen-bond donors (Lipinski definition) is 2. The third-order valence-electron chi connectivity index (χ3n) is 3.23. The molecule has 0 atom stereocenters. The fourth-order valence-corrected chi connectivity index (χ4v) is 2.53. The molecule has 1 aromatic carbocycles. The van der Waals surface area contributed by atoms with Crippen molar-refractivity contribution in [2.24, 2.45) is 0 Å². The van der Waals surface area contributed by atoms with Crippen LogP contribution in [0.1, 0.15) is 5.69 Å². The first-order valence-electron chi connectivity index (χ1n) is 6.35. The molecule has 3 aromatic rings. The highest BCUT2D eigenvalue weighted by molar-refractivity contribution is 6.42. The summed E-state index contributed by atoms with van der Waals surface area (Å²) in [6.07, 6.45) is 4.22. The SMILES string of the molecule is OCCc1cn2ccc(-c3cc(Cl)c(Cl)cc3O)cc2n1. The summed E-state index contributed by atoms with van der Waals surface area (Å²) in [5.41, 5.74) is 2.94. The Kier molecular flexibility index (Phi) is 3.76. The van der Waals surface area contributed by atoms with Crippen LogP contribution in [0.25, 0.3) is 16.8 Å². The first kappa shape index (κ1) is 14.2. The maximum Gasteiger partial charge on any atom is 0.137 e. The zero-order valence-electron chi connectivity index (χ0n) is 10.9. The van der Waals surface area contributed by atoms with Gasteiger partial charge in [-0.05, 0) is 23.8 Å². The Morgan fingerprint density at radius 2 is 1.90 bits per heavy atom. The number of pyridine rings is 1. The lowest BCUT2D eigenvalue weighted by atomic mass is 10.1. The van der Waals surface area contributed by atoms with Crippen LogP contribution in [0, 0.1) is 0 Å². The number of halogens is 2. The lowest BCUT2D eigenvalue weighted by Crippen LogP contribution is -1.89. The van der Waals surface area contributed by atoms with Crippen LogP contribution >= 0.6 is 23.2 Å². The molecule has 0 saturated heterocycles. The number of hydrogen-bond acceptors (Lipinski definition) is 3. The molecule has 108 valence electrons. The van der Waals surface area contributed by atoms with E-state index in [1.807, 2.05) is 28.9 Å². The average Bonchev–Trinajstić information content (AvgIpc) is 2.84. The quantitative estimate of drug-likeness (QED) is 0.775. The molecule has 3 rings (SSSR count). The van der Waals surface area contributed by atoms with Gasteiger partial charge in [-0.1, -0.05) is 23.2 Å². The highest BCUT2D eigenvalue weighted by Crippen LogP contribution is 2.36. The van der Waals surface area contributed by atoms with Crippen molar-refractivity contribution < 1.29 is 10.2 Å². The van der Waals surface area contributed by atoms with Gasteiger partial charge in [-0.25, -0.2) is 4.98 Å². The van der Waals surface area contributed by atoms with E-state index in [1.54, 1.807) is 6.07 Å². The first-order chi connectivity index (χ1) is 10.1. The number of phenols is 1. The lowest BCUT2D eigenvalue weighted by Gasteiger charge is -2.07. The van der Waals surface area contributed by atoms with E-state index in [0.717, 1.165) is 16.9 Å². The zero-order chi connectivity index (χ0) is 15.0. The van der Waals surface area contributed by atoms with Crippen molar-refractivity contribution in [2.45, 2.75) is 6.42 Å². The molecule has 6 heteroatoms. The molecule has 2 N–H and O–H groups in total. The Balaban J connectivity index is 2.10. The van der Waals surface area contributed by atoms with Gasteiger partial charge in [-0.3, -0.25) is 0 Å². The van der Waals surface area contributed by atoms with Crippen molar-refractivity contribution >= 4 is 28.8 Å². The van der Waals surface area contributed by atoms with Gasteiger partial charge in [0.05, 0.1) is 15.7 Å². The van der Waals surface area contributed by atoms with E-state index >= 15 is 0 Å². The predicted molar refractivity (Wildman–Crippen MR) is 83.1 cm³/mol. The molecule has 0 aliphatic rings. The summed E-state index contributed by atoms with van der Waals surface area (Å²) in [5, 5.41) is 19.7.